The zero-order valence-electron chi connectivity index (χ0n) is 10.9. The number of fused-ring (bicyclic) bond motifs is 1. The van der Waals surface area contributed by atoms with Crippen LogP contribution in [0.1, 0.15) is 32.5 Å². The molecule has 0 saturated carbocycles. The molecular weight excluding hydrogens is 274 g/mol. The second kappa shape index (κ2) is 4.85. The molecule has 3 rings (SSSR count). The number of carbonyl (C=O) groups excluding carboxylic acids is 2. The van der Waals surface area contributed by atoms with E-state index in [9.17, 15) is 14.7 Å². The van der Waals surface area contributed by atoms with Gasteiger partial charge in [0.2, 0.25) is 5.91 Å². The van der Waals surface area contributed by atoms with Gasteiger partial charge in [-0.05, 0) is 28.6 Å². The lowest BCUT2D eigenvalue weighted by Crippen LogP contribution is -2.39. The smallest absolute Gasteiger partial charge is 0.260 e. The van der Waals surface area contributed by atoms with E-state index in [0.717, 1.165) is 15.3 Å². The minimum absolute atomic E-state index is 0.200. The Hall–Kier alpha value is -1.98. The van der Waals surface area contributed by atoms with E-state index in [1.807, 2.05) is 17.5 Å². The highest BCUT2D eigenvalue weighted by Crippen LogP contribution is 2.29. The number of imide groups is 1. The second-order valence-corrected chi connectivity index (χ2v) is 5.75. The summed E-state index contributed by atoms with van der Waals surface area (Å²) in [6.07, 6.45) is -0.511. The summed E-state index contributed by atoms with van der Waals surface area (Å²) in [5.41, 5.74) is 1.89. The Kier molecular flexibility index (Phi) is 3.16. The third-order valence-corrected chi connectivity index (χ3v) is 4.44. The van der Waals surface area contributed by atoms with Crippen LogP contribution in [0.5, 0.6) is 0 Å². The molecule has 2 aromatic rings. The van der Waals surface area contributed by atoms with Crippen LogP contribution < -0.4 is 0 Å². The number of benzene rings is 1. The Balaban J connectivity index is 2.01. The highest BCUT2D eigenvalue weighted by Gasteiger charge is 2.28. The van der Waals surface area contributed by atoms with Crippen LogP contribution in [0, 0.1) is 0 Å². The molecule has 0 saturated heterocycles. The van der Waals surface area contributed by atoms with E-state index in [0.29, 0.717) is 11.1 Å². The molecule has 0 radical (unpaired) electrons. The van der Waals surface area contributed by atoms with Crippen molar-refractivity contribution in [3.05, 3.63) is 57.3 Å². The number of hydrogen-bond acceptors (Lipinski definition) is 4. The quantitative estimate of drug-likeness (QED) is 0.859. The first kappa shape index (κ1) is 13.0. The summed E-state index contributed by atoms with van der Waals surface area (Å²) >= 11 is 1.47. The minimum atomic E-state index is -0.740. The van der Waals surface area contributed by atoms with Crippen LogP contribution in [0.3, 0.4) is 0 Å². The maximum atomic E-state index is 12.1. The van der Waals surface area contributed by atoms with Gasteiger partial charge < -0.3 is 5.11 Å². The SMILES string of the molecule is CN1C(=O)Cc2ccc(C(O)c3cccs3)cc2C1=O. The average Bonchev–Trinajstić information content (AvgIpc) is 2.98. The predicted molar refractivity (Wildman–Crippen MR) is 75.6 cm³/mol. The Morgan fingerprint density at radius 3 is 2.80 bits per heavy atom. The summed E-state index contributed by atoms with van der Waals surface area (Å²) in [5, 5.41) is 12.2. The molecular formula is C15H13NO3S. The van der Waals surface area contributed by atoms with Crippen LogP contribution in [0.4, 0.5) is 0 Å². The summed E-state index contributed by atoms with van der Waals surface area (Å²) in [6.45, 7) is 0. The van der Waals surface area contributed by atoms with Gasteiger partial charge in [0.15, 0.2) is 0 Å². The third-order valence-electron chi connectivity index (χ3n) is 3.51. The van der Waals surface area contributed by atoms with Gasteiger partial charge in [-0.2, -0.15) is 0 Å². The van der Waals surface area contributed by atoms with Gasteiger partial charge in [-0.1, -0.05) is 18.2 Å². The second-order valence-electron chi connectivity index (χ2n) is 4.77. The van der Waals surface area contributed by atoms with Crippen molar-refractivity contribution in [2.24, 2.45) is 0 Å². The van der Waals surface area contributed by atoms with Crippen LogP contribution in [-0.2, 0) is 11.2 Å². The molecule has 1 aliphatic heterocycles. The minimum Gasteiger partial charge on any atom is -0.383 e. The first-order chi connectivity index (χ1) is 9.58. The zero-order chi connectivity index (χ0) is 14.3. The topological polar surface area (TPSA) is 57.6 Å². The standard InChI is InChI=1S/C15H13NO3S/c1-16-13(17)8-9-4-5-10(7-11(9)15(16)19)14(18)12-3-2-6-20-12/h2-7,14,18H,8H2,1H3. The molecule has 4 nitrogen and oxygen atoms in total. The van der Waals surface area contributed by atoms with Crippen LogP contribution in [0.25, 0.3) is 0 Å². The molecule has 1 atom stereocenters. The van der Waals surface area contributed by atoms with E-state index in [4.69, 9.17) is 0 Å². The molecule has 2 heterocycles. The fraction of sp³-hybridized carbons (Fsp3) is 0.200. The molecule has 0 spiro atoms. The number of nitrogens with zero attached hydrogens (tertiary/aromatic N) is 1. The van der Waals surface area contributed by atoms with Gasteiger partial charge in [0.25, 0.3) is 5.91 Å². The number of aliphatic hydroxyl groups is 1. The highest BCUT2D eigenvalue weighted by atomic mass is 32.1. The zero-order valence-corrected chi connectivity index (χ0v) is 11.7. The molecule has 0 aliphatic carbocycles. The largest absolute Gasteiger partial charge is 0.383 e. The maximum absolute atomic E-state index is 12.1. The molecule has 1 aromatic heterocycles. The van der Waals surface area contributed by atoms with Crippen molar-refractivity contribution in [1.82, 2.24) is 4.90 Å². The summed E-state index contributed by atoms with van der Waals surface area (Å²) in [7, 11) is 1.48. The van der Waals surface area contributed by atoms with Gasteiger partial charge in [0.1, 0.15) is 6.10 Å². The molecule has 2 amide bonds. The van der Waals surface area contributed by atoms with E-state index in [2.05, 4.69) is 0 Å². The summed E-state index contributed by atoms with van der Waals surface area (Å²) < 4.78 is 0. The van der Waals surface area contributed by atoms with Gasteiger partial charge in [-0.15, -0.1) is 11.3 Å². The average molecular weight is 287 g/mol. The van der Waals surface area contributed by atoms with Crippen LogP contribution in [-0.4, -0.2) is 28.9 Å². The van der Waals surface area contributed by atoms with Gasteiger partial charge >= 0.3 is 0 Å². The molecule has 0 fully saturated rings. The molecule has 20 heavy (non-hydrogen) atoms. The fourth-order valence-electron chi connectivity index (χ4n) is 2.30. The predicted octanol–water partition coefficient (Wildman–Crippen LogP) is 1.98. The maximum Gasteiger partial charge on any atom is 0.260 e. The Bertz CT molecular complexity index is 678. The Labute approximate surface area is 120 Å². The Morgan fingerprint density at radius 1 is 1.30 bits per heavy atom. The number of hydrogen-bond donors (Lipinski definition) is 1. The molecule has 5 heteroatoms. The van der Waals surface area contributed by atoms with E-state index in [1.54, 1.807) is 18.2 Å². The normalized spacial score (nSPS) is 16.2. The van der Waals surface area contributed by atoms with Crippen LogP contribution in [0.2, 0.25) is 0 Å². The van der Waals surface area contributed by atoms with E-state index in [-0.39, 0.29) is 18.2 Å². The van der Waals surface area contributed by atoms with Crippen LogP contribution in [0.15, 0.2) is 35.7 Å². The number of rotatable bonds is 2. The number of thiophene rings is 1. The van der Waals surface area contributed by atoms with Gasteiger partial charge in [0.05, 0.1) is 6.42 Å². The van der Waals surface area contributed by atoms with Gasteiger partial charge in [0, 0.05) is 17.5 Å². The highest BCUT2D eigenvalue weighted by molar-refractivity contribution is 7.10. The first-order valence-corrected chi connectivity index (χ1v) is 7.11. The molecule has 1 unspecified atom stereocenters. The monoisotopic (exact) mass is 287 g/mol. The lowest BCUT2D eigenvalue weighted by Gasteiger charge is -2.24. The number of likely N-dealkylation sites (N-methyl/N-ethyl adjacent to an activating group) is 1. The van der Waals surface area contributed by atoms with Gasteiger partial charge in [-0.25, -0.2) is 0 Å². The lowest BCUT2D eigenvalue weighted by molar-refractivity contribution is -0.127. The first-order valence-electron chi connectivity index (χ1n) is 6.23. The number of amides is 2. The lowest BCUT2D eigenvalue weighted by atomic mass is 9.94. The van der Waals surface area contributed by atoms with Crippen molar-refractivity contribution in [2.45, 2.75) is 12.5 Å². The number of carbonyl (C=O) groups is 2. The fourth-order valence-corrected chi connectivity index (χ4v) is 3.04. The summed E-state index contributed by atoms with van der Waals surface area (Å²) in [6, 6.07) is 8.94. The molecule has 0 bridgehead atoms. The van der Waals surface area contributed by atoms with Crippen molar-refractivity contribution in [3.8, 4) is 0 Å². The molecule has 1 aliphatic rings. The molecule has 102 valence electrons. The van der Waals surface area contributed by atoms with Gasteiger partial charge in [-0.3, -0.25) is 14.5 Å². The van der Waals surface area contributed by atoms with E-state index in [1.165, 1.54) is 18.4 Å². The number of aliphatic hydroxyl groups excluding tert-OH is 1. The van der Waals surface area contributed by atoms with Crippen molar-refractivity contribution in [1.29, 1.82) is 0 Å². The molecule has 1 aromatic carbocycles. The van der Waals surface area contributed by atoms with Crippen molar-refractivity contribution in [3.63, 3.8) is 0 Å². The molecule has 1 N–H and O–H groups in total. The van der Waals surface area contributed by atoms with Crippen molar-refractivity contribution < 1.29 is 14.7 Å². The summed E-state index contributed by atoms with van der Waals surface area (Å²) in [5.74, 6) is -0.509. The van der Waals surface area contributed by atoms with E-state index < -0.39 is 6.10 Å². The van der Waals surface area contributed by atoms with Crippen molar-refractivity contribution >= 4 is 23.2 Å². The van der Waals surface area contributed by atoms with Crippen LogP contribution >= 0.6 is 11.3 Å². The Morgan fingerprint density at radius 2 is 2.10 bits per heavy atom. The van der Waals surface area contributed by atoms with Crippen molar-refractivity contribution in [2.75, 3.05) is 7.05 Å². The van der Waals surface area contributed by atoms with E-state index >= 15 is 0 Å². The third kappa shape index (κ3) is 2.05. The summed E-state index contributed by atoms with van der Waals surface area (Å²) in [4.78, 5) is 25.7.